The molecule has 1 rings (SSSR count). The largest absolute Gasteiger partial charge is 0.456 e. The zero-order chi connectivity index (χ0) is 18.2. The molecular weight excluding hydrogens is 316 g/mol. The summed E-state index contributed by atoms with van der Waals surface area (Å²) in [5, 5.41) is 0.281. The zero-order valence-electron chi connectivity index (χ0n) is 16.5. The Morgan fingerprint density at radius 3 is 2.54 bits per heavy atom. The van der Waals surface area contributed by atoms with Crippen molar-refractivity contribution >= 4 is 14.3 Å². The van der Waals surface area contributed by atoms with Gasteiger partial charge in [0.1, 0.15) is 0 Å². The van der Waals surface area contributed by atoms with Gasteiger partial charge in [0.15, 0.2) is 8.32 Å². The second-order valence-corrected chi connectivity index (χ2v) is 13.1. The van der Waals surface area contributed by atoms with Gasteiger partial charge >= 0.3 is 5.97 Å². The molecule has 0 spiro atoms. The minimum Gasteiger partial charge on any atom is -0.456 e. The number of carbonyl (C=O) groups is 1. The molecule has 0 aromatic carbocycles. The van der Waals surface area contributed by atoms with Crippen molar-refractivity contribution in [2.45, 2.75) is 96.9 Å². The number of carbonyl (C=O) groups excluding carboxylic acids is 1. The highest BCUT2D eigenvalue weighted by Gasteiger charge is 2.41. The molecule has 1 aliphatic carbocycles. The minimum atomic E-state index is -1.67. The van der Waals surface area contributed by atoms with Gasteiger partial charge in [0.25, 0.3) is 0 Å². The van der Waals surface area contributed by atoms with Crippen molar-refractivity contribution in [2.24, 2.45) is 5.92 Å². The zero-order valence-corrected chi connectivity index (χ0v) is 17.5. The average molecular weight is 353 g/mol. The van der Waals surface area contributed by atoms with Crippen LogP contribution in [-0.2, 0) is 14.0 Å². The molecule has 1 saturated carbocycles. The predicted octanol–water partition coefficient (Wildman–Crippen LogP) is 5.30. The Morgan fingerprint density at radius 2 is 1.92 bits per heavy atom. The third kappa shape index (κ3) is 6.99. The number of rotatable bonds is 7. The highest BCUT2D eigenvalue weighted by molar-refractivity contribution is 6.74. The molecule has 0 radical (unpaired) electrons. The normalized spacial score (nSPS) is 21.2. The molecule has 138 valence electrons. The smallest absolute Gasteiger partial charge is 0.384 e. The molecule has 3 nitrogen and oxygen atoms in total. The summed E-state index contributed by atoms with van der Waals surface area (Å²) in [6.45, 7) is 13.8. The maximum absolute atomic E-state index is 11.1. The van der Waals surface area contributed by atoms with E-state index in [2.05, 4.69) is 45.7 Å². The summed E-state index contributed by atoms with van der Waals surface area (Å²) < 4.78 is 11.5. The Kier molecular flexibility index (Phi) is 8.52. The molecule has 1 fully saturated rings. The Labute approximate surface area is 150 Å². The van der Waals surface area contributed by atoms with Gasteiger partial charge < -0.3 is 9.16 Å². The van der Waals surface area contributed by atoms with E-state index in [1.54, 1.807) is 6.92 Å². The lowest BCUT2D eigenvalue weighted by Crippen LogP contribution is -2.44. The molecule has 0 aliphatic heterocycles. The predicted molar refractivity (Wildman–Crippen MR) is 102 cm³/mol. The molecule has 4 heteroatoms. The van der Waals surface area contributed by atoms with E-state index in [0.29, 0.717) is 18.6 Å². The van der Waals surface area contributed by atoms with Crippen LogP contribution in [0.1, 0.15) is 72.6 Å². The summed E-state index contributed by atoms with van der Waals surface area (Å²) in [6.07, 6.45) is 8.49. The summed E-state index contributed by atoms with van der Waals surface area (Å²) in [5.74, 6) is 5.75. The molecule has 0 bridgehead atoms. The summed E-state index contributed by atoms with van der Waals surface area (Å²) in [4.78, 5) is 11.1. The van der Waals surface area contributed by atoms with E-state index >= 15 is 0 Å². The third-order valence-electron chi connectivity index (χ3n) is 5.43. The van der Waals surface area contributed by atoms with E-state index in [1.807, 2.05) is 0 Å². The van der Waals surface area contributed by atoms with Crippen LogP contribution in [0.5, 0.6) is 0 Å². The van der Waals surface area contributed by atoms with Crippen molar-refractivity contribution in [3.8, 4) is 11.8 Å². The van der Waals surface area contributed by atoms with Gasteiger partial charge in [0.05, 0.1) is 6.61 Å². The molecular formula is C20H36O3Si. The number of hydrogen-bond donors (Lipinski definition) is 0. The first-order valence-electron chi connectivity index (χ1n) is 9.51. The molecule has 0 aromatic rings. The first-order chi connectivity index (χ1) is 11.2. The van der Waals surface area contributed by atoms with E-state index in [4.69, 9.17) is 9.16 Å². The van der Waals surface area contributed by atoms with Crippen molar-refractivity contribution < 1.29 is 14.0 Å². The summed E-state index contributed by atoms with van der Waals surface area (Å²) in [5.41, 5.74) is 0. The summed E-state index contributed by atoms with van der Waals surface area (Å²) >= 11 is 0. The van der Waals surface area contributed by atoms with Gasteiger partial charge in [0.2, 0.25) is 0 Å². The van der Waals surface area contributed by atoms with Gasteiger partial charge in [0, 0.05) is 18.4 Å². The van der Waals surface area contributed by atoms with Crippen molar-refractivity contribution in [2.75, 3.05) is 6.61 Å². The van der Waals surface area contributed by atoms with Crippen LogP contribution in [0.25, 0.3) is 0 Å². The van der Waals surface area contributed by atoms with Crippen molar-refractivity contribution in [1.29, 1.82) is 0 Å². The number of ether oxygens (including phenoxy) is 1. The third-order valence-corrected chi connectivity index (χ3v) is 9.94. The summed E-state index contributed by atoms with van der Waals surface area (Å²) in [6, 6.07) is 0. The van der Waals surface area contributed by atoms with Crippen molar-refractivity contribution in [3.05, 3.63) is 0 Å². The van der Waals surface area contributed by atoms with E-state index in [0.717, 1.165) is 12.8 Å². The molecule has 24 heavy (non-hydrogen) atoms. The first kappa shape index (κ1) is 21.2. The van der Waals surface area contributed by atoms with Gasteiger partial charge in [-0.05, 0) is 56.7 Å². The average Bonchev–Trinajstić information content (AvgIpc) is 2.88. The highest BCUT2D eigenvalue weighted by Crippen LogP contribution is 2.41. The maximum Gasteiger partial charge on any atom is 0.384 e. The summed E-state index contributed by atoms with van der Waals surface area (Å²) in [7, 11) is -1.67. The van der Waals surface area contributed by atoms with Gasteiger partial charge in [-0.15, -0.1) is 0 Å². The topological polar surface area (TPSA) is 35.5 Å². The van der Waals surface area contributed by atoms with Gasteiger partial charge in [-0.3, -0.25) is 0 Å². The Balaban J connectivity index is 2.33. The second kappa shape index (κ2) is 9.63. The Morgan fingerprint density at radius 1 is 1.21 bits per heavy atom. The van der Waals surface area contributed by atoms with E-state index in [1.165, 1.54) is 32.1 Å². The van der Waals surface area contributed by atoms with Crippen LogP contribution in [-0.4, -0.2) is 27.0 Å². The molecule has 0 N–H and O–H groups in total. The fourth-order valence-corrected chi connectivity index (χ4v) is 4.39. The lowest BCUT2D eigenvalue weighted by atomic mass is 9.98. The van der Waals surface area contributed by atoms with Crippen LogP contribution in [0, 0.1) is 17.8 Å². The first-order valence-corrected chi connectivity index (χ1v) is 12.4. The molecule has 2 unspecified atom stereocenters. The quantitative estimate of drug-likeness (QED) is 0.205. The number of esters is 1. The fourth-order valence-electron chi connectivity index (χ4n) is 2.97. The fraction of sp³-hybridized carbons (Fsp3) is 0.850. The molecule has 0 amide bonds. The Hall–Kier alpha value is -0.793. The molecule has 2 atom stereocenters. The number of unbranched alkanes of at least 4 members (excludes halogenated alkanes) is 2. The van der Waals surface area contributed by atoms with Crippen LogP contribution in [0.3, 0.4) is 0 Å². The molecule has 0 saturated heterocycles. The molecule has 1 aliphatic rings. The van der Waals surface area contributed by atoms with Crippen molar-refractivity contribution in [3.63, 3.8) is 0 Å². The highest BCUT2D eigenvalue weighted by atomic mass is 28.4. The molecule has 0 aromatic heterocycles. The standard InChI is InChI=1S/C20H36O3Si/c1-7-22-19(21)16-11-9-8-10-13-17-14-12-15-18(17)23-24(5,6)20(2,3)4/h17-18H,7-10,12-15H2,1-6H3. The SMILES string of the molecule is CCOC(=O)C#CCCCCC1CCCC1O[Si](C)(C)C(C)(C)C. The minimum absolute atomic E-state index is 0.281. The van der Waals surface area contributed by atoms with Crippen LogP contribution in [0.2, 0.25) is 18.1 Å². The Bertz CT molecular complexity index is 454. The van der Waals surface area contributed by atoms with Crippen LogP contribution in [0.15, 0.2) is 0 Å². The van der Waals surface area contributed by atoms with Crippen LogP contribution < -0.4 is 0 Å². The van der Waals surface area contributed by atoms with Gasteiger partial charge in [-0.1, -0.05) is 39.5 Å². The second-order valence-electron chi connectivity index (χ2n) is 8.38. The lowest BCUT2D eigenvalue weighted by Gasteiger charge is -2.40. The van der Waals surface area contributed by atoms with Crippen molar-refractivity contribution in [1.82, 2.24) is 0 Å². The van der Waals surface area contributed by atoms with E-state index in [9.17, 15) is 4.79 Å². The number of hydrogen-bond acceptors (Lipinski definition) is 3. The monoisotopic (exact) mass is 352 g/mol. The van der Waals surface area contributed by atoms with E-state index in [-0.39, 0.29) is 5.04 Å². The maximum atomic E-state index is 11.1. The van der Waals surface area contributed by atoms with E-state index < -0.39 is 14.3 Å². The molecule has 0 heterocycles. The van der Waals surface area contributed by atoms with Gasteiger partial charge in [-0.25, -0.2) is 4.79 Å². The van der Waals surface area contributed by atoms with Crippen LogP contribution in [0.4, 0.5) is 0 Å². The van der Waals surface area contributed by atoms with Crippen LogP contribution >= 0.6 is 0 Å². The lowest BCUT2D eigenvalue weighted by molar-refractivity contribution is -0.136. The van der Waals surface area contributed by atoms with Gasteiger partial charge in [-0.2, -0.15) is 0 Å².